The molecule has 8 heteroatoms. The van der Waals surface area contributed by atoms with Crippen LogP contribution in [0.5, 0.6) is 17.2 Å². The topological polar surface area (TPSA) is 108 Å². The Bertz CT molecular complexity index is 1580. The van der Waals surface area contributed by atoms with E-state index in [9.17, 15) is 10.1 Å². The van der Waals surface area contributed by atoms with Gasteiger partial charge in [-0.05, 0) is 55.3 Å². The maximum Gasteiger partial charge on any atom is 0.379 e. The molecular formula is C29H23BrN2O5. The summed E-state index contributed by atoms with van der Waals surface area (Å²) in [6.07, 6.45) is 0.910. The van der Waals surface area contributed by atoms with Crippen LogP contribution in [0, 0.1) is 18.3 Å². The number of nitriles is 1. The molecule has 1 unspecified atom stereocenters. The summed E-state index contributed by atoms with van der Waals surface area (Å²) in [5, 5.41) is 10.6. The molecule has 0 fully saturated rings. The molecule has 0 bridgehead atoms. The first-order valence-corrected chi connectivity index (χ1v) is 12.5. The third-order valence-electron chi connectivity index (χ3n) is 6.17. The molecule has 4 aromatic rings. The third-order valence-corrected chi connectivity index (χ3v) is 6.67. The number of carbonyl (C=O) groups excluding carboxylic acids is 1. The number of allylic oxidation sites excluding steroid dienone is 1. The normalized spacial score (nSPS) is 14.6. The molecule has 2 N–H and O–H groups in total. The van der Waals surface area contributed by atoms with E-state index in [-0.39, 0.29) is 17.4 Å². The van der Waals surface area contributed by atoms with Gasteiger partial charge in [-0.15, -0.1) is 0 Å². The number of fused-ring (bicyclic) bond motifs is 2. The number of nitrogens with zero attached hydrogens (tertiary/aromatic N) is 1. The summed E-state index contributed by atoms with van der Waals surface area (Å²) in [6, 6.07) is 20.3. The molecule has 5 rings (SSSR count). The maximum atomic E-state index is 13.0. The van der Waals surface area contributed by atoms with Gasteiger partial charge in [-0.3, -0.25) is 0 Å². The molecule has 7 nitrogen and oxygen atoms in total. The maximum absolute atomic E-state index is 13.0. The van der Waals surface area contributed by atoms with E-state index in [4.69, 9.17) is 24.4 Å². The van der Waals surface area contributed by atoms with Gasteiger partial charge in [0.05, 0.1) is 12.5 Å². The van der Waals surface area contributed by atoms with Crippen molar-refractivity contribution in [3.8, 4) is 23.3 Å². The first-order valence-electron chi connectivity index (χ1n) is 11.7. The Hall–Kier alpha value is -4.22. The van der Waals surface area contributed by atoms with Crippen molar-refractivity contribution in [1.82, 2.24) is 0 Å². The Labute approximate surface area is 222 Å². The van der Waals surface area contributed by atoms with Crippen molar-refractivity contribution in [1.29, 1.82) is 5.26 Å². The molecule has 0 saturated carbocycles. The van der Waals surface area contributed by atoms with Crippen molar-refractivity contribution in [2.45, 2.75) is 26.2 Å². The second kappa shape index (κ2) is 10.0. The molecular weight excluding hydrogens is 536 g/mol. The second-order valence-electron chi connectivity index (χ2n) is 8.63. The largest absolute Gasteiger partial charge is 0.494 e. The van der Waals surface area contributed by atoms with Gasteiger partial charge in [0.1, 0.15) is 34.5 Å². The van der Waals surface area contributed by atoms with E-state index in [0.29, 0.717) is 29.1 Å². The summed E-state index contributed by atoms with van der Waals surface area (Å²) < 4.78 is 23.7. The van der Waals surface area contributed by atoms with Gasteiger partial charge in [-0.2, -0.15) is 5.26 Å². The number of halogens is 1. The Balaban J connectivity index is 1.44. The van der Waals surface area contributed by atoms with Crippen molar-refractivity contribution in [2.75, 3.05) is 6.61 Å². The fourth-order valence-electron chi connectivity index (χ4n) is 4.37. The van der Waals surface area contributed by atoms with E-state index in [1.165, 1.54) is 0 Å². The van der Waals surface area contributed by atoms with Gasteiger partial charge in [-0.1, -0.05) is 41.1 Å². The first-order chi connectivity index (χ1) is 17.9. The molecule has 1 aliphatic heterocycles. The smallest absolute Gasteiger partial charge is 0.379 e. The van der Waals surface area contributed by atoms with E-state index in [0.717, 1.165) is 33.2 Å². The molecule has 1 atom stereocenters. The third kappa shape index (κ3) is 4.66. The van der Waals surface area contributed by atoms with Gasteiger partial charge in [0.25, 0.3) is 0 Å². The van der Waals surface area contributed by atoms with Crippen LogP contribution >= 0.6 is 15.9 Å². The SMILES string of the molecule is CCCOc1ccc(C2C(C#N)=C(N)Oc3cc(OC(=O)c4oc5cc(Br)ccc5c4C)ccc32)cc1. The number of benzene rings is 3. The standard InChI is InChI=1S/C29H23BrN2O5/c1-3-12-34-19-7-4-17(5-8-19)26-22-11-9-20(14-25(22)37-28(32)23(26)15-31)35-29(33)27-16(2)21-10-6-18(30)13-24(21)36-27/h4-11,13-14,26H,3,12,32H2,1-2H3. The summed E-state index contributed by atoms with van der Waals surface area (Å²) in [7, 11) is 0. The Morgan fingerprint density at radius 1 is 1.11 bits per heavy atom. The average Bonchev–Trinajstić information content (AvgIpc) is 3.22. The summed E-state index contributed by atoms with van der Waals surface area (Å²) in [6.45, 7) is 4.48. The lowest BCUT2D eigenvalue weighted by Gasteiger charge is -2.26. The number of carbonyl (C=O) groups is 1. The van der Waals surface area contributed by atoms with Crippen LogP contribution in [0.4, 0.5) is 0 Å². The number of hydrogen-bond acceptors (Lipinski definition) is 7. The highest BCUT2D eigenvalue weighted by Gasteiger charge is 2.31. The van der Waals surface area contributed by atoms with Crippen molar-refractivity contribution in [3.63, 3.8) is 0 Å². The van der Waals surface area contributed by atoms with Crippen LogP contribution in [-0.4, -0.2) is 12.6 Å². The Kier molecular flexibility index (Phi) is 6.64. The van der Waals surface area contributed by atoms with Crippen molar-refractivity contribution < 1.29 is 23.4 Å². The number of furan rings is 1. The fraction of sp³-hybridized carbons (Fsp3) is 0.172. The first kappa shape index (κ1) is 24.5. The minimum absolute atomic E-state index is 0.00786. The van der Waals surface area contributed by atoms with Crippen molar-refractivity contribution >= 4 is 32.9 Å². The van der Waals surface area contributed by atoms with Crippen LogP contribution in [0.2, 0.25) is 0 Å². The summed E-state index contributed by atoms with van der Waals surface area (Å²) >= 11 is 3.41. The van der Waals surface area contributed by atoms with Crippen LogP contribution in [0.1, 0.15) is 46.5 Å². The number of esters is 1. The Morgan fingerprint density at radius 3 is 2.59 bits per heavy atom. The van der Waals surface area contributed by atoms with Crippen LogP contribution in [0.25, 0.3) is 11.0 Å². The molecule has 186 valence electrons. The van der Waals surface area contributed by atoms with E-state index < -0.39 is 11.9 Å². The molecule has 0 amide bonds. The Morgan fingerprint density at radius 2 is 1.86 bits per heavy atom. The summed E-state index contributed by atoms with van der Waals surface area (Å²) in [4.78, 5) is 13.0. The zero-order chi connectivity index (χ0) is 26.1. The molecule has 0 saturated heterocycles. The lowest BCUT2D eigenvalue weighted by Crippen LogP contribution is -2.21. The number of ether oxygens (including phenoxy) is 3. The highest BCUT2D eigenvalue weighted by Crippen LogP contribution is 2.44. The number of aryl methyl sites for hydroxylation is 1. The predicted octanol–water partition coefficient (Wildman–Crippen LogP) is 6.73. The lowest BCUT2D eigenvalue weighted by atomic mass is 9.83. The van der Waals surface area contributed by atoms with Crippen molar-refractivity contribution in [3.05, 3.63) is 99.0 Å². The molecule has 37 heavy (non-hydrogen) atoms. The zero-order valence-corrected chi connectivity index (χ0v) is 21.8. The van der Waals surface area contributed by atoms with Gasteiger partial charge in [0, 0.05) is 27.1 Å². The number of hydrogen-bond donors (Lipinski definition) is 1. The average molecular weight is 559 g/mol. The van der Waals surface area contributed by atoms with Gasteiger partial charge in [0.2, 0.25) is 11.6 Å². The monoisotopic (exact) mass is 558 g/mol. The number of nitrogens with two attached hydrogens (primary N) is 1. The highest BCUT2D eigenvalue weighted by atomic mass is 79.9. The molecule has 1 aromatic heterocycles. The van der Waals surface area contributed by atoms with Crippen LogP contribution in [0.15, 0.2) is 81.0 Å². The van der Waals surface area contributed by atoms with E-state index in [2.05, 4.69) is 22.0 Å². The second-order valence-corrected chi connectivity index (χ2v) is 9.54. The quantitative estimate of drug-likeness (QED) is 0.206. The summed E-state index contributed by atoms with van der Waals surface area (Å²) in [5.74, 6) is 0.498. The van der Waals surface area contributed by atoms with Crippen LogP contribution in [-0.2, 0) is 0 Å². The summed E-state index contributed by atoms with van der Waals surface area (Å²) in [5.41, 5.74) is 9.31. The molecule has 1 aliphatic rings. The molecule has 0 aliphatic carbocycles. The van der Waals surface area contributed by atoms with Crippen LogP contribution in [0.3, 0.4) is 0 Å². The predicted molar refractivity (Wildman–Crippen MR) is 142 cm³/mol. The van der Waals surface area contributed by atoms with Gasteiger partial charge in [0.15, 0.2) is 0 Å². The minimum atomic E-state index is -0.624. The minimum Gasteiger partial charge on any atom is -0.494 e. The molecule has 0 spiro atoms. The van der Waals surface area contributed by atoms with Crippen LogP contribution < -0.4 is 19.9 Å². The highest BCUT2D eigenvalue weighted by molar-refractivity contribution is 9.10. The van der Waals surface area contributed by atoms with E-state index in [1.807, 2.05) is 50.2 Å². The fourth-order valence-corrected chi connectivity index (χ4v) is 4.71. The number of rotatable bonds is 6. The van der Waals surface area contributed by atoms with Gasteiger partial charge in [-0.25, -0.2) is 4.79 Å². The van der Waals surface area contributed by atoms with Crippen molar-refractivity contribution in [2.24, 2.45) is 5.73 Å². The van der Waals surface area contributed by atoms with E-state index >= 15 is 0 Å². The van der Waals surface area contributed by atoms with Gasteiger partial charge < -0.3 is 24.4 Å². The van der Waals surface area contributed by atoms with E-state index in [1.54, 1.807) is 24.3 Å². The molecule has 0 radical (unpaired) electrons. The zero-order valence-electron chi connectivity index (χ0n) is 20.2. The lowest BCUT2D eigenvalue weighted by molar-refractivity contribution is 0.0702. The molecule has 3 aromatic carbocycles. The van der Waals surface area contributed by atoms with Gasteiger partial charge >= 0.3 is 5.97 Å². The molecule has 2 heterocycles.